The van der Waals surface area contributed by atoms with E-state index in [9.17, 15) is 5.11 Å². The Balaban J connectivity index is 1.76. The first-order valence-corrected chi connectivity index (χ1v) is 10.6. The molecule has 128 valence electrons. The SMILES string of the molecule is OC(c1ccccc1)C([Se]c1cccc2ccccc12)c1ccccc1. The van der Waals surface area contributed by atoms with Gasteiger partial charge in [0.25, 0.3) is 0 Å². The van der Waals surface area contributed by atoms with Crippen molar-refractivity contribution in [2.75, 3.05) is 0 Å². The Hall–Kier alpha value is -2.38. The average Bonchev–Trinajstić information content (AvgIpc) is 2.73. The maximum atomic E-state index is 11.2. The molecule has 26 heavy (non-hydrogen) atoms. The molecule has 0 fully saturated rings. The topological polar surface area (TPSA) is 20.2 Å². The van der Waals surface area contributed by atoms with Gasteiger partial charge in [-0.3, -0.25) is 0 Å². The van der Waals surface area contributed by atoms with Gasteiger partial charge >= 0.3 is 160 Å². The first-order valence-electron chi connectivity index (χ1n) is 8.75. The van der Waals surface area contributed by atoms with Crippen LogP contribution < -0.4 is 4.46 Å². The molecule has 1 nitrogen and oxygen atoms in total. The second-order valence-corrected chi connectivity index (χ2v) is 8.76. The van der Waals surface area contributed by atoms with Gasteiger partial charge < -0.3 is 0 Å². The fourth-order valence-electron chi connectivity index (χ4n) is 3.22. The van der Waals surface area contributed by atoms with Crippen LogP contribution in [0.5, 0.6) is 0 Å². The van der Waals surface area contributed by atoms with Crippen molar-refractivity contribution >= 4 is 30.2 Å². The van der Waals surface area contributed by atoms with Crippen molar-refractivity contribution in [3.05, 3.63) is 114 Å². The first-order chi connectivity index (χ1) is 12.8. The molecular formula is C24H20OSe. The molecule has 0 aromatic heterocycles. The Kier molecular flexibility index (Phi) is 5.17. The fourth-order valence-corrected chi connectivity index (χ4v) is 5.99. The zero-order valence-corrected chi connectivity index (χ0v) is 16.0. The van der Waals surface area contributed by atoms with Gasteiger partial charge in [0, 0.05) is 0 Å². The van der Waals surface area contributed by atoms with Crippen molar-refractivity contribution in [1.82, 2.24) is 0 Å². The summed E-state index contributed by atoms with van der Waals surface area (Å²) < 4.78 is 1.33. The van der Waals surface area contributed by atoms with Crippen LogP contribution in [0.4, 0.5) is 0 Å². The second-order valence-electron chi connectivity index (χ2n) is 6.28. The predicted molar refractivity (Wildman–Crippen MR) is 110 cm³/mol. The molecule has 0 radical (unpaired) electrons. The summed E-state index contributed by atoms with van der Waals surface area (Å²) in [6.07, 6.45) is -0.516. The predicted octanol–water partition coefficient (Wildman–Crippen LogP) is 4.64. The molecule has 4 aromatic carbocycles. The van der Waals surface area contributed by atoms with E-state index in [1.807, 2.05) is 36.4 Å². The van der Waals surface area contributed by atoms with Crippen LogP contribution in [-0.2, 0) is 0 Å². The molecule has 0 saturated carbocycles. The second kappa shape index (κ2) is 7.88. The van der Waals surface area contributed by atoms with Gasteiger partial charge in [-0.1, -0.05) is 0 Å². The summed E-state index contributed by atoms with van der Waals surface area (Å²) in [6, 6.07) is 35.4. The molecule has 0 spiro atoms. The van der Waals surface area contributed by atoms with Crippen molar-refractivity contribution in [3.63, 3.8) is 0 Å². The van der Waals surface area contributed by atoms with Gasteiger partial charge in [0.05, 0.1) is 0 Å². The third-order valence-corrected chi connectivity index (χ3v) is 7.48. The Morgan fingerprint density at radius 3 is 1.88 bits per heavy atom. The third kappa shape index (κ3) is 3.59. The number of fused-ring (bicyclic) bond motifs is 1. The zero-order chi connectivity index (χ0) is 17.8. The van der Waals surface area contributed by atoms with Crippen LogP contribution >= 0.6 is 0 Å². The third-order valence-electron chi connectivity index (χ3n) is 4.56. The molecule has 0 saturated heterocycles. The number of rotatable bonds is 5. The number of hydrogen-bond acceptors (Lipinski definition) is 1. The van der Waals surface area contributed by atoms with Gasteiger partial charge in [-0.15, -0.1) is 0 Å². The summed E-state index contributed by atoms with van der Waals surface area (Å²) >= 11 is 0.0947. The molecule has 2 heteroatoms. The van der Waals surface area contributed by atoms with Crippen LogP contribution in [0.1, 0.15) is 22.0 Å². The van der Waals surface area contributed by atoms with Gasteiger partial charge in [0.1, 0.15) is 0 Å². The Morgan fingerprint density at radius 1 is 0.577 bits per heavy atom. The van der Waals surface area contributed by atoms with Crippen LogP contribution in [-0.4, -0.2) is 20.1 Å². The molecule has 0 bridgehead atoms. The summed E-state index contributed by atoms with van der Waals surface area (Å²) in [6.45, 7) is 0. The van der Waals surface area contributed by atoms with Crippen molar-refractivity contribution in [1.29, 1.82) is 0 Å². The number of hydrogen-bond donors (Lipinski definition) is 1. The van der Waals surface area contributed by atoms with E-state index in [1.54, 1.807) is 0 Å². The molecule has 0 heterocycles. The molecule has 2 unspecified atom stereocenters. The molecule has 4 aromatic rings. The molecule has 0 aliphatic heterocycles. The molecule has 2 atom stereocenters. The van der Waals surface area contributed by atoms with Crippen LogP contribution in [0.2, 0.25) is 0 Å². The van der Waals surface area contributed by atoms with Crippen molar-refractivity contribution in [2.24, 2.45) is 0 Å². The van der Waals surface area contributed by atoms with Gasteiger partial charge in [-0.25, -0.2) is 0 Å². The van der Waals surface area contributed by atoms with E-state index >= 15 is 0 Å². The summed E-state index contributed by atoms with van der Waals surface area (Å²) in [5, 5.41) is 13.7. The molecule has 1 N–H and O–H groups in total. The Morgan fingerprint density at radius 2 is 1.15 bits per heavy atom. The van der Waals surface area contributed by atoms with E-state index in [0.717, 1.165) is 5.56 Å². The minimum atomic E-state index is -0.516. The molecule has 0 aliphatic rings. The maximum absolute atomic E-state index is 11.2. The molecular weight excluding hydrogens is 383 g/mol. The van der Waals surface area contributed by atoms with Gasteiger partial charge in [-0.2, -0.15) is 0 Å². The van der Waals surface area contributed by atoms with E-state index in [0.29, 0.717) is 0 Å². The van der Waals surface area contributed by atoms with E-state index in [1.165, 1.54) is 20.8 Å². The summed E-state index contributed by atoms with van der Waals surface area (Å²) in [5.41, 5.74) is 2.17. The van der Waals surface area contributed by atoms with E-state index in [2.05, 4.69) is 66.7 Å². The summed E-state index contributed by atoms with van der Waals surface area (Å²) in [7, 11) is 0. The van der Waals surface area contributed by atoms with Crippen LogP contribution in [0.25, 0.3) is 10.8 Å². The Bertz CT molecular complexity index is 977. The Labute approximate surface area is 160 Å². The van der Waals surface area contributed by atoms with Crippen molar-refractivity contribution in [2.45, 2.75) is 10.9 Å². The van der Waals surface area contributed by atoms with Crippen LogP contribution in [0.15, 0.2) is 103 Å². The van der Waals surface area contributed by atoms with Gasteiger partial charge in [0.15, 0.2) is 0 Å². The summed E-state index contributed by atoms with van der Waals surface area (Å²) in [4.78, 5) is 0.0666. The number of aliphatic hydroxyl groups excluding tert-OH is 1. The van der Waals surface area contributed by atoms with Crippen LogP contribution in [0.3, 0.4) is 0 Å². The van der Waals surface area contributed by atoms with Crippen molar-refractivity contribution < 1.29 is 5.11 Å². The standard InChI is InChI=1S/C24H20OSe/c25-23(19-11-3-1-4-12-19)24(20-13-5-2-6-14-20)26-22-17-9-15-18-10-7-8-16-21(18)22/h1-17,23-25H. The quantitative estimate of drug-likeness (QED) is 0.481. The minimum absolute atomic E-state index is 0.0666. The fraction of sp³-hybridized carbons (Fsp3) is 0.0833. The zero-order valence-electron chi connectivity index (χ0n) is 14.3. The van der Waals surface area contributed by atoms with Crippen molar-refractivity contribution in [3.8, 4) is 0 Å². The number of aliphatic hydroxyl groups is 1. The van der Waals surface area contributed by atoms with E-state index < -0.39 is 6.10 Å². The number of benzene rings is 4. The molecule has 0 amide bonds. The first kappa shape index (κ1) is 17.1. The van der Waals surface area contributed by atoms with E-state index in [-0.39, 0.29) is 19.8 Å². The monoisotopic (exact) mass is 404 g/mol. The summed E-state index contributed by atoms with van der Waals surface area (Å²) in [5.74, 6) is 0. The molecule has 4 rings (SSSR count). The van der Waals surface area contributed by atoms with Gasteiger partial charge in [0.2, 0.25) is 0 Å². The van der Waals surface area contributed by atoms with E-state index in [4.69, 9.17) is 0 Å². The normalized spacial score (nSPS) is 13.4. The average molecular weight is 403 g/mol. The van der Waals surface area contributed by atoms with Crippen LogP contribution in [0, 0.1) is 0 Å². The molecule has 0 aliphatic carbocycles. The van der Waals surface area contributed by atoms with Gasteiger partial charge in [-0.05, 0) is 0 Å².